The third-order valence-electron chi connectivity index (χ3n) is 7.97. The maximum absolute atomic E-state index is 12.8. The van der Waals surface area contributed by atoms with Crippen LogP contribution in [0, 0.1) is 11.8 Å². The Morgan fingerprint density at radius 3 is 3.04 bits per heavy atom. The molecular formula is C23H29N3O2. The summed E-state index contributed by atoms with van der Waals surface area (Å²) in [7, 11) is 0. The van der Waals surface area contributed by atoms with E-state index in [0.717, 1.165) is 48.6 Å². The lowest BCUT2D eigenvalue weighted by atomic mass is 9.73. The molecule has 5 nitrogen and oxygen atoms in total. The van der Waals surface area contributed by atoms with Crippen LogP contribution in [0.5, 0.6) is 0 Å². The van der Waals surface area contributed by atoms with Gasteiger partial charge in [-0.3, -0.25) is 9.69 Å². The Morgan fingerprint density at radius 2 is 2.14 bits per heavy atom. The Hall–Kier alpha value is -1.85. The number of aromatic nitrogens is 1. The molecule has 1 saturated carbocycles. The Labute approximate surface area is 165 Å². The first-order valence-electron chi connectivity index (χ1n) is 11.0. The summed E-state index contributed by atoms with van der Waals surface area (Å²) in [6.45, 7) is 3.02. The van der Waals surface area contributed by atoms with Gasteiger partial charge in [0.1, 0.15) is 0 Å². The molecule has 4 heterocycles. The number of nitrogens with zero attached hydrogens (tertiary/aromatic N) is 1. The van der Waals surface area contributed by atoms with Gasteiger partial charge in [-0.2, -0.15) is 0 Å². The molecule has 3 aliphatic heterocycles. The van der Waals surface area contributed by atoms with Crippen molar-refractivity contribution in [3.63, 3.8) is 0 Å². The molecule has 3 saturated heterocycles. The molecule has 1 spiro atoms. The number of carbonyl (C=O) groups is 1. The van der Waals surface area contributed by atoms with E-state index in [4.69, 9.17) is 4.74 Å². The van der Waals surface area contributed by atoms with E-state index in [0.29, 0.717) is 17.9 Å². The first kappa shape index (κ1) is 17.0. The van der Waals surface area contributed by atoms with Crippen LogP contribution in [0.3, 0.4) is 0 Å². The molecule has 4 atom stereocenters. The molecule has 2 aromatic rings. The number of hydrogen-bond acceptors (Lipinski definition) is 3. The Morgan fingerprint density at radius 1 is 1.25 bits per heavy atom. The highest BCUT2D eigenvalue weighted by atomic mass is 16.5. The van der Waals surface area contributed by atoms with Crippen molar-refractivity contribution in [2.24, 2.45) is 11.8 Å². The second kappa shape index (κ2) is 6.33. The normalized spacial score (nSPS) is 35.1. The van der Waals surface area contributed by atoms with Gasteiger partial charge in [0.05, 0.1) is 11.7 Å². The van der Waals surface area contributed by atoms with Crippen LogP contribution in [0.25, 0.3) is 10.9 Å². The summed E-state index contributed by atoms with van der Waals surface area (Å²) < 4.78 is 6.57. The minimum Gasteiger partial charge on any atom is -0.370 e. The standard InChI is InChI=1S/C23H29N3O2/c27-22(16-5-6-20-15(11-16)8-10-24-20)25-12-18-19-13-26(17-3-1-2-4-17)14-23(19)9-7-21(18)28-23/h5-6,8,10-11,17-19,21,24H,1-4,7,9,12-14H2,(H,25,27)/t18-,19+,21+,23+/m0/s1. The Bertz CT molecular complexity index is 902. The Balaban J connectivity index is 1.15. The zero-order valence-electron chi connectivity index (χ0n) is 16.3. The summed E-state index contributed by atoms with van der Waals surface area (Å²) >= 11 is 0. The molecule has 6 rings (SSSR count). The number of fused-ring (bicyclic) bond motifs is 2. The van der Waals surface area contributed by atoms with Gasteiger partial charge < -0.3 is 15.0 Å². The molecule has 0 unspecified atom stereocenters. The van der Waals surface area contributed by atoms with Crippen LogP contribution in [0.1, 0.15) is 48.9 Å². The SMILES string of the molecule is O=C(NC[C@H]1[C@H]2CN(C3CCCC3)C[C@]23CC[C@H]1O3)c1ccc2[nH]ccc2c1. The minimum absolute atomic E-state index is 0.0329. The number of ether oxygens (including phenoxy) is 1. The van der Waals surface area contributed by atoms with Crippen molar-refractivity contribution in [1.82, 2.24) is 15.2 Å². The predicted molar refractivity (Wildman–Crippen MR) is 108 cm³/mol. The second-order valence-corrected chi connectivity index (χ2v) is 9.39. The molecule has 2 N–H and O–H groups in total. The maximum atomic E-state index is 12.8. The number of rotatable bonds is 4. The lowest BCUT2D eigenvalue weighted by Gasteiger charge is -2.29. The van der Waals surface area contributed by atoms with E-state index in [9.17, 15) is 4.79 Å². The maximum Gasteiger partial charge on any atom is 0.251 e. The van der Waals surface area contributed by atoms with E-state index in [1.807, 2.05) is 30.5 Å². The number of aromatic amines is 1. The van der Waals surface area contributed by atoms with Crippen LogP contribution in [-0.2, 0) is 4.74 Å². The van der Waals surface area contributed by atoms with Crippen LogP contribution < -0.4 is 5.32 Å². The van der Waals surface area contributed by atoms with Crippen LogP contribution in [0.4, 0.5) is 0 Å². The van der Waals surface area contributed by atoms with Gasteiger partial charge in [0.25, 0.3) is 5.91 Å². The third kappa shape index (κ3) is 2.56. The highest BCUT2D eigenvalue weighted by molar-refractivity contribution is 5.98. The molecule has 28 heavy (non-hydrogen) atoms. The predicted octanol–water partition coefficient (Wildman–Crippen LogP) is 3.32. The molecule has 0 radical (unpaired) electrons. The van der Waals surface area contributed by atoms with Crippen molar-refractivity contribution in [3.8, 4) is 0 Å². The highest BCUT2D eigenvalue weighted by Gasteiger charge is 2.63. The summed E-state index contributed by atoms with van der Waals surface area (Å²) in [5, 5.41) is 4.31. The largest absolute Gasteiger partial charge is 0.370 e. The summed E-state index contributed by atoms with van der Waals surface area (Å²) in [5.41, 5.74) is 1.88. The number of amides is 1. The monoisotopic (exact) mass is 379 g/mol. The summed E-state index contributed by atoms with van der Waals surface area (Å²) in [6.07, 6.45) is 10.1. The molecule has 2 bridgehead atoms. The van der Waals surface area contributed by atoms with Gasteiger partial charge in [0.15, 0.2) is 0 Å². The lowest BCUT2D eigenvalue weighted by molar-refractivity contribution is -0.000874. The van der Waals surface area contributed by atoms with Crippen LogP contribution in [0.15, 0.2) is 30.5 Å². The number of likely N-dealkylation sites (tertiary alicyclic amines) is 1. The van der Waals surface area contributed by atoms with E-state index in [-0.39, 0.29) is 11.5 Å². The van der Waals surface area contributed by atoms with E-state index in [1.54, 1.807) is 0 Å². The second-order valence-electron chi connectivity index (χ2n) is 9.39. The first-order chi connectivity index (χ1) is 13.7. The molecule has 1 aliphatic carbocycles. The molecule has 4 aliphatic rings. The van der Waals surface area contributed by atoms with Crippen molar-refractivity contribution in [3.05, 3.63) is 36.0 Å². The number of H-pyrrole nitrogens is 1. The molecule has 1 amide bonds. The number of hydrogen-bond donors (Lipinski definition) is 2. The van der Waals surface area contributed by atoms with E-state index in [2.05, 4.69) is 15.2 Å². The summed E-state index contributed by atoms with van der Waals surface area (Å²) in [6, 6.07) is 8.64. The average molecular weight is 380 g/mol. The molecular weight excluding hydrogens is 350 g/mol. The first-order valence-corrected chi connectivity index (χ1v) is 11.0. The van der Waals surface area contributed by atoms with Crippen LogP contribution >= 0.6 is 0 Å². The lowest BCUT2D eigenvalue weighted by Crippen LogP contribution is -2.41. The summed E-state index contributed by atoms with van der Waals surface area (Å²) in [4.78, 5) is 18.7. The highest BCUT2D eigenvalue weighted by Crippen LogP contribution is 2.55. The number of benzene rings is 1. The van der Waals surface area contributed by atoms with Crippen LogP contribution in [0.2, 0.25) is 0 Å². The molecule has 1 aromatic heterocycles. The van der Waals surface area contributed by atoms with Gasteiger partial charge in [-0.15, -0.1) is 0 Å². The molecule has 1 aromatic carbocycles. The summed E-state index contributed by atoms with van der Waals surface area (Å²) in [5.74, 6) is 1.07. The quantitative estimate of drug-likeness (QED) is 0.857. The molecule has 5 heteroatoms. The fourth-order valence-electron chi connectivity index (χ4n) is 6.55. The molecule has 4 fully saturated rings. The van der Waals surface area contributed by atoms with Crippen molar-refractivity contribution in [1.29, 1.82) is 0 Å². The Kier molecular flexibility index (Phi) is 3.85. The average Bonchev–Trinajstić information content (AvgIpc) is 3.51. The van der Waals surface area contributed by atoms with Gasteiger partial charge >= 0.3 is 0 Å². The van der Waals surface area contributed by atoms with Gasteiger partial charge in [-0.25, -0.2) is 0 Å². The third-order valence-corrected chi connectivity index (χ3v) is 7.97. The van der Waals surface area contributed by atoms with Crippen LogP contribution in [-0.4, -0.2) is 53.2 Å². The zero-order chi connectivity index (χ0) is 18.7. The van der Waals surface area contributed by atoms with Gasteiger partial charge in [0.2, 0.25) is 0 Å². The van der Waals surface area contributed by atoms with Crippen molar-refractivity contribution >= 4 is 16.8 Å². The van der Waals surface area contributed by atoms with Crippen molar-refractivity contribution in [2.75, 3.05) is 19.6 Å². The number of nitrogens with one attached hydrogen (secondary N) is 2. The topological polar surface area (TPSA) is 57.4 Å². The smallest absolute Gasteiger partial charge is 0.251 e. The van der Waals surface area contributed by atoms with Gasteiger partial charge in [-0.1, -0.05) is 12.8 Å². The fraction of sp³-hybridized carbons (Fsp3) is 0.609. The molecule has 148 valence electrons. The van der Waals surface area contributed by atoms with Gasteiger partial charge in [-0.05, 0) is 49.9 Å². The van der Waals surface area contributed by atoms with E-state index in [1.165, 1.54) is 32.1 Å². The zero-order valence-corrected chi connectivity index (χ0v) is 16.3. The minimum atomic E-state index is 0.0329. The van der Waals surface area contributed by atoms with E-state index >= 15 is 0 Å². The number of carbonyl (C=O) groups excluding carboxylic acids is 1. The fourth-order valence-corrected chi connectivity index (χ4v) is 6.55. The van der Waals surface area contributed by atoms with E-state index < -0.39 is 0 Å². The van der Waals surface area contributed by atoms with Crippen molar-refractivity contribution < 1.29 is 9.53 Å². The van der Waals surface area contributed by atoms with Gasteiger partial charge in [0, 0.05) is 60.2 Å². The van der Waals surface area contributed by atoms with Crippen molar-refractivity contribution in [2.45, 2.75) is 56.3 Å².